The summed E-state index contributed by atoms with van der Waals surface area (Å²) in [4.78, 5) is 18.6. The van der Waals surface area contributed by atoms with Crippen LogP contribution in [0.3, 0.4) is 0 Å². The lowest BCUT2D eigenvalue weighted by Crippen LogP contribution is -2.31. The molecule has 0 spiro atoms. The van der Waals surface area contributed by atoms with Crippen LogP contribution >= 0.6 is 31.9 Å². The van der Waals surface area contributed by atoms with Crippen molar-refractivity contribution in [3.8, 4) is 5.88 Å². The lowest BCUT2D eigenvalue weighted by Gasteiger charge is -2.18. The molecule has 1 aromatic heterocycles. The molecule has 4 nitrogen and oxygen atoms in total. The molecule has 2 heterocycles. The van der Waals surface area contributed by atoms with Crippen LogP contribution in [0.2, 0.25) is 0 Å². The maximum absolute atomic E-state index is 12.5. The van der Waals surface area contributed by atoms with E-state index in [2.05, 4.69) is 36.8 Å². The van der Waals surface area contributed by atoms with Crippen LogP contribution in [0.25, 0.3) is 0 Å². The number of nitrogens with zero attached hydrogens (tertiary/aromatic N) is 2. The number of likely N-dealkylation sites (tertiary alicyclic amines) is 1. The summed E-state index contributed by atoms with van der Waals surface area (Å²) in [6, 6.07) is 11.2. The predicted molar refractivity (Wildman–Crippen MR) is 91.0 cm³/mol. The summed E-state index contributed by atoms with van der Waals surface area (Å²) in [5, 5.41) is 0. The van der Waals surface area contributed by atoms with Crippen molar-refractivity contribution in [3.63, 3.8) is 0 Å². The van der Waals surface area contributed by atoms with Gasteiger partial charge in [-0.05, 0) is 56.1 Å². The summed E-state index contributed by atoms with van der Waals surface area (Å²) in [5.74, 6) is 0.598. The van der Waals surface area contributed by atoms with E-state index in [9.17, 15) is 4.79 Å². The molecule has 0 N–H and O–H groups in total. The minimum atomic E-state index is -0.0300. The summed E-state index contributed by atoms with van der Waals surface area (Å²) in [6.07, 6.45) is 2.47. The van der Waals surface area contributed by atoms with Crippen LogP contribution in [-0.2, 0) is 0 Å². The third-order valence-corrected chi connectivity index (χ3v) is 4.83. The zero-order valence-corrected chi connectivity index (χ0v) is 14.9. The van der Waals surface area contributed by atoms with Gasteiger partial charge in [-0.2, -0.15) is 0 Å². The standard InChI is InChI=1S/C16H14Br2N2O2/c17-13-5-2-1-4-12(13)16(21)20-9-7-11(10-20)22-15-14(18)6-3-8-19-15/h1-6,8,11H,7,9-10H2. The molecule has 22 heavy (non-hydrogen) atoms. The number of pyridine rings is 1. The summed E-state index contributed by atoms with van der Waals surface area (Å²) >= 11 is 6.85. The van der Waals surface area contributed by atoms with Crippen molar-refractivity contribution < 1.29 is 9.53 Å². The van der Waals surface area contributed by atoms with Crippen molar-refractivity contribution in [2.45, 2.75) is 12.5 Å². The Labute approximate surface area is 145 Å². The van der Waals surface area contributed by atoms with E-state index in [4.69, 9.17) is 4.74 Å². The molecule has 0 aliphatic carbocycles. The molecular formula is C16H14Br2N2O2. The van der Waals surface area contributed by atoms with E-state index >= 15 is 0 Å². The molecule has 114 valence electrons. The molecule has 6 heteroatoms. The smallest absolute Gasteiger partial charge is 0.255 e. The van der Waals surface area contributed by atoms with Gasteiger partial charge >= 0.3 is 0 Å². The SMILES string of the molecule is O=C(c1ccccc1Br)N1CCC(Oc2ncccc2Br)C1. The molecule has 1 unspecified atom stereocenters. The molecule has 1 fully saturated rings. The predicted octanol–water partition coefficient (Wildman–Crippen LogP) is 3.90. The Balaban J connectivity index is 1.66. The molecular weight excluding hydrogens is 412 g/mol. The zero-order valence-electron chi connectivity index (χ0n) is 11.7. The Kier molecular flexibility index (Phi) is 4.78. The van der Waals surface area contributed by atoms with E-state index in [1.807, 2.05) is 41.3 Å². The van der Waals surface area contributed by atoms with Gasteiger partial charge in [0.25, 0.3) is 5.91 Å². The Morgan fingerprint density at radius 1 is 1.18 bits per heavy atom. The van der Waals surface area contributed by atoms with Gasteiger partial charge in [0.15, 0.2) is 0 Å². The van der Waals surface area contributed by atoms with Crippen molar-refractivity contribution in [1.29, 1.82) is 0 Å². The van der Waals surface area contributed by atoms with Crippen molar-refractivity contribution >= 4 is 37.8 Å². The number of carbonyl (C=O) groups is 1. The summed E-state index contributed by atoms with van der Waals surface area (Å²) < 4.78 is 7.53. The monoisotopic (exact) mass is 424 g/mol. The lowest BCUT2D eigenvalue weighted by atomic mass is 10.2. The number of carbonyl (C=O) groups excluding carboxylic acids is 1. The lowest BCUT2D eigenvalue weighted by molar-refractivity contribution is 0.0770. The second-order valence-electron chi connectivity index (χ2n) is 5.05. The molecule has 1 aliphatic heterocycles. The van der Waals surface area contributed by atoms with Crippen LogP contribution in [0.15, 0.2) is 51.5 Å². The minimum Gasteiger partial charge on any atom is -0.472 e. The highest BCUT2D eigenvalue weighted by Crippen LogP contribution is 2.26. The van der Waals surface area contributed by atoms with Gasteiger partial charge in [0.05, 0.1) is 16.6 Å². The zero-order chi connectivity index (χ0) is 15.5. The Bertz CT molecular complexity index is 693. The summed E-state index contributed by atoms with van der Waals surface area (Å²) in [5.41, 5.74) is 0.683. The second-order valence-corrected chi connectivity index (χ2v) is 6.76. The molecule has 1 aromatic carbocycles. The van der Waals surface area contributed by atoms with E-state index in [1.165, 1.54) is 0 Å². The summed E-state index contributed by atoms with van der Waals surface area (Å²) in [6.45, 7) is 1.26. The molecule has 1 amide bonds. The van der Waals surface area contributed by atoms with Crippen LogP contribution in [0.1, 0.15) is 16.8 Å². The highest BCUT2D eigenvalue weighted by molar-refractivity contribution is 9.10. The molecule has 0 saturated carbocycles. The van der Waals surface area contributed by atoms with Crippen LogP contribution in [-0.4, -0.2) is 35.0 Å². The molecule has 0 radical (unpaired) electrons. The average Bonchev–Trinajstić information content (AvgIpc) is 2.98. The first-order chi connectivity index (χ1) is 10.6. The van der Waals surface area contributed by atoms with E-state index in [0.717, 1.165) is 15.4 Å². The van der Waals surface area contributed by atoms with E-state index in [0.29, 0.717) is 24.5 Å². The number of ether oxygens (including phenoxy) is 1. The van der Waals surface area contributed by atoms with Gasteiger partial charge in [-0.3, -0.25) is 4.79 Å². The maximum Gasteiger partial charge on any atom is 0.255 e. The molecule has 1 saturated heterocycles. The molecule has 1 aliphatic rings. The number of hydrogen-bond acceptors (Lipinski definition) is 3. The fourth-order valence-electron chi connectivity index (χ4n) is 2.43. The first-order valence-electron chi connectivity index (χ1n) is 6.96. The van der Waals surface area contributed by atoms with Gasteiger partial charge in [0.1, 0.15) is 6.10 Å². The topological polar surface area (TPSA) is 42.4 Å². The second kappa shape index (κ2) is 6.79. The van der Waals surface area contributed by atoms with E-state index in [1.54, 1.807) is 6.20 Å². The van der Waals surface area contributed by atoms with Crippen molar-refractivity contribution in [1.82, 2.24) is 9.88 Å². The Hall–Kier alpha value is -1.40. The molecule has 1 atom stereocenters. The van der Waals surface area contributed by atoms with E-state index in [-0.39, 0.29) is 12.0 Å². The fourth-order valence-corrected chi connectivity index (χ4v) is 3.23. The normalized spacial score (nSPS) is 17.5. The van der Waals surface area contributed by atoms with Gasteiger partial charge in [-0.15, -0.1) is 0 Å². The Morgan fingerprint density at radius 2 is 1.95 bits per heavy atom. The number of amides is 1. The Morgan fingerprint density at radius 3 is 2.73 bits per heavy atom. The quantitative estimate of drug-likeness (QED) is 0.748. The number of rotatable bonds is 3. The number of aromatic nitrogens is 1. The molecule has 3 rings (SSSR count). The van der Waals surface area contributed by atoms with Crippen molar-refractivity contribution in [2.24, 2.45) is 0 Å². The third kappa shape index (κ3) is 3.33. The largest absolute Gasteiger partial charge is 0.472 e. The van der Waals surface area contributed by atoms with E-state index < -0.39 is 0 Å². The summed E-state index contributed by atoms with van der Waals surface area (Å²) in [7, 11) is 0. The molecule has 2 aromatic rings. The van der Waals surface area contributed by atoms with Gasteiger partial charge in [0.2, 0.25) is 5.88 Å². The van der Waals surface area contributed by atoms with Crippen LogP contribution in [0, 0.1) is 0 Å². The average molecular weight is 426 g/mol. The maximum atomic E-state index is 12.5. The van der Waals surface area contributed by atoms with Crippen LogP contribution in [0.4, 0.5) is 0 Å². The molecule has 0 bridgehead atoms. The number of hydrogen-bond donors (Lipinski definition) is 0. The third-order valence-electron chi connectivity index (χ3n) is 3.54. The highest BCUT2D eigenvalue weighted by atomic mass is 79.9. The van der Waals surface area contributed by atoms with Gasteiger partial charge in [-0.1, -0.05) is 12.1 Å². The number of benzene rings is 1. The van der Waals surface area contributed by atoms with Crippen LogP contribution in [0.5, 0.6) is 5.88 Å². The number of halogens is 2. The first-order valence-corrected chi connectivity index (χ1v) is 8.54. The van der Waals surface area contributed by atoms with Gasteiger partial charge in [0, 0.05) is 23.6 Å². The van der Waals surface area contributed by atoms with Gasteiger partial charge in [-0.25, -0.2) is 4.98 Å². The highest BCUT2D eigenvalue weighted by Gasteiger charge is 2.29. The first kappa shape index (κ1) is 15.5. The fraction of sp³-hybridized carbons (Fsp3) is 0.250. The van der Waals surface area contributed by atoms with Crippen molar-refractivity contribution in [2.75, 3.05) is 13.1 Å². The van der Waals surface area contributed by atoms with Crippen molar-refractivity contribution in [3.05, 3.63) is 57.1 Å². The van der Waals surface area contributed by atoms with Gasteiger partial charge < -0.3 is 9.64 Å². The minimum absolute atomic E-state index is 0.0265. The van der Waals surface area contributed by atoms with Crippen LogP contribution < -0.4 is 4.74 Å².